The maximum Gasteiger partial charge on any atom is 0.252 e. The lowest BCUT2D eigenvalue weighted by atomic mass is 9.33. The molecule has 0 amide bonds. The van der Waals surface area contributed by atoms with Crippen LogP contribution in [-0.2, 0) is 5.41 Å². The van der Waals surface area contributed by atoms with E-state index >= 15 is 0 Å². The lowest BCUT2D eigenvalue weighted by Gasteiger charge is -2.46. The van der Waals surface area contributed by atoms with Gasteiger partial charge in [-0.25, -0.2) is 0 Å². The summed E-state index contributed by atoms with van der Waals surface area (Å²) in [5, 5.41) is 20.6. The SMILES string of the molecule is CC(C)(C)c1cc2c3c(c1)N(c1c(-c4ccccc4)cccc1-c1ccccc1)c1ccc(-c4ccc5c6cccc7cccc(c8cccc4c85)c76)cc1B3c1cc(-c3ccc4c5cccc6cccc(c7cccc3c74)c65)ccc1N2c1c(-c2ccccc2)cccc1-c1ccccc1. The van der Waals surface area contributed by atoms with Gasteiger partial charge in [0.25, 0.3) is 6.71 Å². The third kappa shape index (κ3) is 8.54. The number of nitrogens with zero attached hydrogens (tertiary/aromatic N) is 2. The van der Waals surface area contributed by atoms with Crippen molar-refractivity contribution in [2.24, 2.45) is 0 Å². The third-order valence-electron chi connectivity index (χ3n) is 22.5. The molecule has 0 aliphatic carbocycles. The van der Waals surface area contributed by atoms with Crippen molar-refractivity contribution in [3.8, 4) is 66.8 Å². The molecule has 3 heteroatoms. The van der Waals surface area contributed by atoms with Crippen LogP contribution in [0.15, 0.2) is 340 Å². The molecular formula is C98H65BN2. The van der Waals surface area contributed by atoms with Crippen LogP contribution >= 0.6 is 0 Å². The number of fused-ring (bicyclic) bond motifs is 8. The minimum atomic E-state index is -0.281. The first-order valence-corrected chi connectivity index (χ1v) is 35.5. The number of rotatable bonds is 8. The Morgan fingerprint density at radius 3 is 0.881 bits per heavy atom. The normalized spacial score (nSPS) is 12.8. The summed E-state index contributed by atoms with van der Waals surface area (Å²) in [6.45, 7) is 6.91. The summed E-state index contributed by atoms with van der Waals surface area (Å²) in [5.74, 6) is 0. The molecule has 0 atom stereocenters. The first kappa shape index (κ1) is 57.5. The van der Waals surface area contributed by atoms with Gasteiger partial charge in [-0.05, 0) is 182 Å². The van der Waals surface area contributed by atoms with E-state index in [9.17, 15) is 0 Å². The highest BCUT2D eigenvalue weighted by Gasteiger charge is 2.46. The summed E-state index contributed by atoms with van der Waals surface area (Å²) in [5.41, 5.74) is 25.7. The highest BCUT2D eigenvalue weighted by Crippen LogP contribution is 2.55. The molecule has 0 spiro atoms. The molecule has 2 heterocycles. The topological polar surface area (TPSA) is 6.48 Å². The monoisotopic (exact) mass is 1280 g/mol. The van der Waals surface area contributed by atoms with E-state index in [0.717, 1.165) is 67.3 Å². The van der Waals surface area contributed by atoms with E-state index in [4.69, 9.17) is 0 Å². The Morgan fingerprint density at radius 2 is 0.535 bits per heavy atom. The fourth-order valence-electron chi connectivity index (χ4n) is 18.0. The summed E-state index contributed by atoms with van der Waals surface area (Å²) in [4.78, 5) is 5.39. The minimum Gasteiger partial charge on any atom is -0.310 e. The Kier molecular flexibility index (Phi) is 12.5. The molecule has 470 valence electrons. The second-order valence-corrected chi connectivity index (χ2v) is 28.9. The number of hydrogen-bond donors (Lipinski definition) is 0. The van der Waals surface area contributed by atoms with Crippen LogP contribution in [0.5, 0.6) is 0 Å². The van der Waals surface area contributed by atoms with E-state index < -0.39 is 0 Å². The molecule has 0 saturated carbocycles. The van der Waals surface area contributed by atoms with E-state index in [0.29, 0.717) is 0 Å². The van der Waals surface area contributed by atoms with Gasteiger partial charge in [-0.15, -0.1) is 0 Å². The van der Waals surface area contributed by atoms with Crippen LogP contribution in [0.3, 0.4) is 0 Å². The van der Waals surface area contributed by atoms with E-state index in [1.54, 1.807) is 0 Å². The van der Waals surface area contributed by atoms with Crippen molar-refractivity contribution in [2.45, 2.75) is 26.2 Å². The van der Waals surface area contributed by atoms with Crippen molar-refractivity contribution in [2.75, 3.05) is 9.80 Å². The molecule has 2 nitrogen and oxygen atoms in total. The number of hydrogen-bond acceptors (Lipinski definition) is 2. The molecule has 0 radical (unpaired) electrons. The maximum atomic E-state index is 2.70. The molecule has 0 unspecified atom stereocenters. The zero-order chi connectivity index (χ0) is 66.8. The molecule has 2 aliphatic heterocycles. The Bertz CT molecular complexity index is 6000. The standard InChI is InChI=1S/C98H65BN2/c1-98(2,3)68-58-89-95-90(59-68)101(97-73(62-28-12-6-13-29-62)38-21-39-74(97)63-30-14-7-15-31-63)88-55-49-67(70-51-53-84-80-43-19-35-65-33-17-41-78(92(65)80)82-47-23-45-76(70)94(82)84)57-86(88)99(95)85-56-66(69-50-52-83-79-42-18-34-64-32-16-40-77(91(64)79)81-46-22-44-75(69)93(81)83)48-54-87(85)100(89)96-71(60-24-8-4-9-25-60)36-20-37-72(96)61-26-10-5-11-27-61/h4-59H,1-3H3. The van der Waals surface area contributed by atoms with Gasteiger partial charge in [-0.2, -0.15) is 0 Å². The smallest absolute Gasteiger partial charge is 0.252 e. The van der Waals surface area contributed by atoms with Crippen LogP contribution in [0.4, 0.5) is 34.1 Å². The van der Waals surface area contributed by atoms with E-state index in [2.05, 4.69) is 370 Å². The summed E-state index contributed by atoms with van der Waals surface area (Å²) in [7, 11) is 0. The summed E-state index contributed by atoms with van der Waals surface area (Å²) in [6.07, 6.45) is 0. The van der Waals surface area contributed by atoms with E-state index in [1.807, 2.05) is 0 Å². The van der Waals surface area contributed by atoms with Crippen molar-refractivity contribution in [3.63, 3.8) is 0 Å². The molecule has 101 heavy (non-hydrogen) atoms. The quantitative estimate of drug-likeness (QED) is 0.0850. The molecule has 0 fully saturated rings. The number of anilines is 6. The zero-order valence-electron chi connectivity index (χ0n) is 56.3. The lowest BCUT2D eigenvalue weighted by Crippen LogP contribution is -2.61. The van der Waals surface area contributed by atoms with Crippen molar-refractivity contribution >= 4 is 143 Å². The van der Waals surface area contributed by atoms with Gasteiger partial charge in [0.2, 0.25) is 0 Å². The van der Waals surface area contributed by atoms with Gasteiger partial charge in [0.15, 0.2) is 0 Å². The molecular weight excluding hydrogens is 1220 g/mol. The fourth-order valence-corrected chi connectivity index (χ4v) is 18.0. The van der Waals surface area contributed by atoms with Gasteiger partial charge >= 0.3 is 0 Å². The Morgan fingerprint density at radius 1 is 0.228 bits per heavy atom. The van der Waals surface area contributed by atoms with Gasteiger partial charge in [-0.1, -0.05) is 336 Å². The predicted octanol–water partition coefficient (Wildman–Crippen LogP) is 25.2. The third-order valence-corrected chi connectivity index (χ3v) is 22.5. The predicted molar refractivity (Wildman–Crippen MR) is 434 cm³/mol. The Balaban J connectivity index is 0.915. The molecule has 2 aliphatic rings. The highest BCUT2D eigenvalue weighted by molar-refractivity contribution is 7.00. The molecule has 19 aromatic rings. The van der Waals surface area contributed by atoms with E-state index in [1.165, 1.54) is 142 Å². The molecule has 0 aromatic heterocycles. The fraction of sp³-hybridized carbons (Fsp3) is 0.0408. The molecule has 0 N–H and O–H groups in total. The Hall–Kier alpha value is -12.6. The average Bonchev–Trinajstić information content (AvgIpc) is 0.681. The van der Waals surface area contributed by atoms with Crippen LogP contribution in [0, 0.1) is 0 Å². The van der Waals surface area contributed by atoms with E-state index in [-0.39, 0.29) is 12.1 Å². The first-order chi connectivity index (χ1) is 49.8. The van der Waals surface area contributed by atoms with Crippen LogP contribution in [0.1, 0.15) is 26.3 Å². The summed E-state index contributed by atoms with van der Waals surface area (Å²) >= 11 is 0. The van der Waals surface area contributed by atoms with Crippen molar-refractivity contribution in [3.05, 3.63) is 345 Å². The molecule has 21 rings (SSSR count). The van der Waals surface area contributed by atoms with Gasteiger partial charge < -0.3 is 9.80 Å². The number of para-hydroxylation sites is 2. The number of benzene rings is 19. The highest BCUT2D eigenvalue weighted by atomic mass is 15.2. The molecule has 0 saturated heterocycles. The largest absolute Gasteiger partial charge is 0.310 e. The zero-order valence-corrected chi connectivity index (χ0v) is 56.3. The second-order valence-electron chi connectivity index (χ2n) is 28.9. The molecule has 0 bridgehead atoms. The Labute approximate surface area is 587 Å². The minimum absolute atomic E-state index is 0.256. The first-order valence-electron chi connectivity index (χ1n) is 35.5. The van der Waals surface area contributed by atoms with Crippen molar-refractivity contribution in [1.29, 1.82) is 0 Å². The summed E-state index contributed by atoms with van der Waals surface area (Å²) in [6, 6.07) is 129. The van der Waals surface area contributed by atoms with Crippen LogP contribution in [0.2, 0.25) is 0 Å². The lowest BCUT2D eigenvalue weighted by molar-refractivity contribution is 0.590. The van der Waals surface area contributed by atoms with Gasteiger partial charge in [-0.3, -0.25) is 0 Å². The second kappa shape index (κ2) is 22.0. The van der Waals surface area contributed by atoms with Gasteiger partial charge in [0, 0.05) is 45.0 Å². The maximum absolute atomic E-state index is 2.70. The van der Waals surface area contributed by atoms with Crippen molar-refractivity contribution in [1.82, 2.24) is 0 Å². The van der Waals surface area contributed by atoms with Crippen LogP contribution in [0.25, 0.3) is 153 Å². The van der Waals surface area contributed by atoms with Gasteiger partial charge in [0.1, 0.15) is 0 Å². The average molecular weight is 1280 g/mol. The summed E-state index contributed by atoms with van der Waals surface area (Å²) < 4.78 is 0. The molecule has 19 aromatic carbocycles. The van der Waals surface area contributed by atoms with Crippen molar-refractivity contribution < 1.29 is 0 Å². The van der Waals surface area contributed by atoms with Crippen LogP contribution in [-0.4, -0.2) is 6.71 Å². The van der Waals surface area contributed by atoms with Gasteiger partial charge in [0.05, 0.1) is 11.4 Å². The van der Waals surface area contributed by atoms with Crippen LogP contribution < -0.4 is 26.2 Å².